The van der Waals surface area contributed by atoms with Gasteiger partial charge in [0.05, 0.1) is 24.6 Å². The maximum absolute atomic E-state index is 12.6. The van der Waals surface area contributed by atoms with E-state index in [1.165, 1.54) is 25.3 Å². The number of hydrogen-bond donors (Lipinski definition) is 2. The van der Waals surface area contributed by atoms with Gasteiger partial charge in [0.25, 0.3) is 12.3 Å². The third-order valence-electron chi connectivity index (χ3n) is 3.05. The molecule has 0 saturated heterocycles. The van der Waals surface area contributed by atoms with Crippen molar-refractivity contribution in [2.75, 3.05) is 7.11 Å². The molecule has 0 spiro atoms. The lowest BCUT2D eigenvalue weighted by molar-refractivity contribution is -0.141. The molecule has 0 bridgehead atoms. The minimum Gasteiger partial charge on any atom is -0.469 e. The van der Waals surface area contributed by atoms with Crippen molar-refractivity contribution in [2.45, 2.75) is 25.8 Å². The van der Waals surface area contributed by atoms with Gasteiger partial charge in [-0.25, -0.2) is 13.8 Å². The van der Waals surface area contributed by atoms with Gasteiger partial charge < -0.3 is 15.0 Å². The molecule has 1 atom stereocenters. The average Bonchev–Trinajstić information content (AvgIpc) is 2.89. The average molecular weight is 311 g/mol. The summed E-state index contributed by atoms with van der Waals surface area (Å²) in [5, 5.41) is 2.63. The first-order valence-corrected chi connectivity index (χ1v) is 6.56. The number of aromatic nitrogens is 2. The van der Waals surface area contributed by atoms with Crippen LogP contribution in [0.2, 0.25) is 0 Å². The number of ether oxygens (including phenoxy) is 1. The molecule has 2 N–H and O–H groups in total. The number of fused-ring (bicyclic) bond motifs is 1. The summed E-state index contributed by atoms with van der Waals surface area (Å²) in [7, 11) is 1.27. The molecular weight excluding hydrogens is 296 g/mol. The second-order valence-corrected chi connectivity index (χ2v) is 4.81. The van der Waals surface area contributed by atoms with Crippen molar-refractivity contribution < 1.29 is 23.1 Å². The molecule has 0 aliphatic carbocycles. The molecule has 1 heterocycles. The van der Waals surface area contributed by atoms with E-state index < -0.39 is 30.2 Å². The molecule has 2 rings (SSSR count). The van der Waals surface area contributed by atoms with Gasteiger partial charge in [0.2, 0.25) is 0 Å². The van der Waals surface area contributed by atoms with E-state index >= 15 is 0 Å². The number of aromatic amines is 1. The van der Waals surface area contributed by atoms with E-state index in [9.17, 15) is 18.4 Å². The van der Waals surface area contributed by atoms with Crippen molar-refractivity contribution >= 4 is 22.9 Å². The Hall–Kier alpha value is -2.51. The number of amides is 1. The second-order valence-electron chi connectivity index (χ2n) is 4.81. The number of rotatable bonds is 5. The zero-order chi connectivity index (χ0) is 16.3. The molecule has 0 radical (unpaired) electrons. The Morgan fingerprint density at radius 2 is 2.14 bits per heavy atom. The topological polar surface area (TPSA) is 84.1 Å². The van der Waals surface area contributed by atoms with Gasteiger partial charge in [-0.15, -0.1) is 0 Å². The van der Waals surface area contributed by atoms with Gasteiger partial charge >= 0.3 is 5.97 Å². The van der Waals surface area contributed by atoms with Crippen LogP contribution in [0.5, 0.6) is 0 Å². The maximum Gasteiger partial charge on any atom is 0.307 e. The van der Waals surface area contributed by atoms with E-state index in [4.69, 9.17) is 0 Å². The highest BCUT2D eigenvalue weighted by Crippen LogP contribution is 2.20. The first kappa shape index (κ1) is 15.9. The quantitative estimate of drug-likeness (QED) is 0.829. The number of nitrogens with zero attached hydrogens (tertiary/aromatic N) is 1. The summed E-state index contributed by atoms with van der Waals surface area (Å²) in [6, 6.07) is 4.00. The predicted octanol–water partition coefficient (Wildman–Crippen LogP) is 2.18. The van der Waals surface area contributed by atoms with Crippen LogP contribution in [0.15, 0.2) is 18.2 Å². The minimum absolute atomic E-state index is 0.0457. The number of hydrogen-bond acceptors (Lipinski definition) is 4. The lowest BCUT2D eigenvalue weighted by Gasteiger charge is -2.12. The molecule has 118 valence electrons. The highest BCUT2D eigenvalue weighted by molar-refractivity contribution is 5.97. The van der Waals surface area contributed by atoms with Gasteiger partial charge in [-0.2, -0.15) is 0 Å². The van der Waals surface area contributed by atoms with Crippen LogP contribution in [0, 0.1) is 0 Å². The van der Waals surface area contributed by atoms with E-state index in [0.29, 0.717) is 11.0 Å². The third kappa shape index (κ3) is 3.57. The van der Waals surface area contributed by atoms with Gasteiger partial charge in [-0.05, 0) is 25.1 Å². The van der Waals surface area contributed by atoms with Crippen LogP contribution >= 0.6 is 0 Å². The van der Waals surface area contributed by atoms with Crippen LogP contribution in [0.1, 0.15) is 36.0 Å². The molecule has 0 fully saturated rings. The van der Waals surface area contributed by atoms with Crippen LogP contribution in [0.4, 0.5) is 8.78 Å². The van der Waals surface area contributed by atoms with Crippen molar-refractivity contribution in [3.63, 3.8) is 0 Å². The number of alkyl halides is 2. The van der Waals surface area contributed by atoms with Crippen molar-refractivity contribution in [3.8, 4) is 0 Å². The first-order valence-electron chi connectivity index (χ1n) is 6.56. The Bertz CT molecular complexity index is 700. The van der Waals surface area contributed by atoms with Crippen molar-refractivity contribution in [3.05, 3.63) is 29.6 Å². The summed E-state index contributed by atoms with van der Waals surface area (Å²) in [4.78, 5) is 29.4. The van der Waals surface area contributed by atoms with Gasteiger partial charge in [0, 0.05) is 11.6 Å². The molecule has 0 saturated carbocycles. The molecule has 22 heavy (non-hydrogen) atoms. The highest BCUT2D eigenvalue weighted by Gasteiger charge is 2.16. The monoisotopic (exact) mass is 311 g/mol. The van der Waals surface area contributed by atoms with E-state index in [-0.39, 0.29) is 12.0 Å². The van der Waals surface area contributed by atoms with Crippen LogP contribution in [-0.2, 0) is 9.53 Å². The van der Waals surface area contributed by atoms with Crippen LogP contribution in [0.25, 0.3) is 11.0 Å². The molecule has 0 aliphatic heterocycles. The van der Waals surface area contributed by atoms with Crippen molar-refractivity contribution in [1.82, 2.24) is 15.3 Å². The zero-order valence-electron chi connectivity index (χ0n) is 12.0. The SMILES string of the molecule is COC(=O)C[C@H](C)NC(=O)c1ccc2nc(C(F)F)[nH]c2c1. The molecule has 1 amide bonds. The Morgan fingerprint density at radius 1 is 1.41 bits per heavy atom. The normalized spacial score (nSPS) is 12.4. The standard InChI is InChI=1S/C14H15F2N3O3/c1-7(5-11(20)22-2)17-14(21)8-3-4-9-10(6-8)19-13(18-9)12(15)16/h3-4,6-7,12H,5H2,1-2H3,(H,17,21)(H,18,19)/t7-/m0/s1. The third-order valence-corrected chi connectivity index (χ3v) is 3.05. The van der Waals surface area contributed by atoms with E-state index in [2.05, 4.69) is 20.0 Å². The predicted molar refractivity (Wildman–Crippen MR) is 74.6 cm³/mol. The van der Waals surface area contributed by atoms with Crippen LogP contribution in [0.3, 0.4) is 0 Å². The fourth-order valence-corrected chi connectivity index (χ4v) is 1.97. The first-order chi connectivity index (χ1) is 10.4. The van der Waals surface area contributed by atoms with Crippen LogP contribution < -0.4 is 5.32 Å². The fourth-order valence-electron chi connectivity index (χ4n) is 1.97. The Kier molecular flexibility index (Phi) is 4.69. The lowest BCUT2D eigenvalue weighted by atomic mass is 10.1. The number of methoxy groups -OCH3 is 1. The minimum atomic E-state index is -2.70. The number of benzene rings is 1. The number of halogens is 2. The summed E-state index contributed by atoms with van der Waals surface area (Å²) >= 11 is 0. The number of H-pyrrole nitrogens is 1. The largest absolute Gasteiger partial charge is 0.469 e. The molecule has 1 aromatic heterocycles. The van der Waals surface area contributed by atoms with Crippen molar-refractivity contribution in [1.29, 1.82) is 0 Å². The number of imidazole rings is 1. The summed E-state index contributed by atoms with van der Waals surface area (Å²) in [5.74, 6) is -1.28. The molecule has 8 heteroatoms. The van der Waals surface area contributed by atoms with Crippen LogP contribution in [-0.4, -0.2) is 35.0 Å². The Morgan fingerprint density at radius 3 is 2.77 bits per heavy atom. The van der Waals surface area contributed by atoms with Gasteiger partial charge in [0.1, 0.15) is 0 Å². The summed E-state index contributed by atoms with van der Waals surface area (Å²) < 4.78 is 29.7. The van der Waals surface area contributed by atoms with E-state index in [1.807, 2.05) is 0 Å². The van der Waals surface area contributed by atoms with E-state index in [1.54, 1.807) is 6.92 Å². The maximum atomic E-state index is 12.6. The summed E-state index contributed by atoms with van der Waals surface area (Å²) in [6.45, 7) is 1.67. The summed E-state index contributed by atoms with van der Waals surface area (Å²) in [5.41, 5.74) is 0.992. The van der Waals surface area contributed by atoms with Gasteiger partial charge in [0.15, 0.2) is 5.82 Å². The molecule has 2 aromatic rings. The molecule has 1 aromatic carbocycles. The molecular formula is C14H15F2N3O3. The fraction of sp³-hybridized carbons (Fsp3) is 0.357. The molecule has 0 unspecified atom stereocenters. The highest BCUT2D eigenvalue weighted by atomic mass is 19.3. The zero-order valence-corrected chi connectivity index (χ0v) is 12.0. The lowest BCUT2D eigenvalue weighted by Crippen LogP contribution is -2.34. The van der Waals surface area contributed by atoms with Crippen molar-refractivity contribution in [2.24, 2.45) is 0 Å². The number of esters is 1. The van der Waals surface area contributed by atoms with E-state index in [0.717, 1.165) is 0 Å². The van der Waals surface area contributed by atoms with Gasteiger partial charge in [-0.3, -0.25) is 9.59 Å². The smallest absolute Gasteiger partial charge is 0.307 e. The number of carbonyl (C=O) groups excluding carboxylic acids is 2. The second kappa shape index (κ2) is 6.50. The Labute approximate surface area is 124 Å². The molecule has 0 aliphatic rings. The number of carbonyl (C=O) groups is 2. The molecule has 6 nitrogen and oxygen atoms in total. The number of nitrogens with one attached hydrogen (secondary N) is 2. The van der Waals surface area contributed by atoms with Gasteiger partial charge in [-0.1, -0.05) is 0 Å². The Balaban J connectivity index is 2.12. The summed E-state index contributed by atoms with van der Waals surface area (Å²) in [6.07, 6.45) is -2.66.